The molecule has 1 amide bonds. The van der Waals surface area contributed by atoms with Crippen LogP contribution in [0.1, 0.15) is 49.4 Å². The van der Waals surface area contributed by atoms with Gasteiger partial charge in [0.05, 0.1) is 4.90 Å². The van der Waals surface area contributed by atoms with E-state index in [1.807, 2.05) is 7.05 Å². The van der Waals surface area contributed by atoms with Gasteiger partial charge in [0.1, 0.15) is 0 Å². The summed E-state index contributed by atoms with van der Waals surface area (Å²) in [5.74, 6) is -0.212. The van der Waals surface area contributed by atoms with Crippen molar-refractivity contribution in [1.82, 2.24) is 19.4 Å². The van der Waals surface area contributed by atoms with Crippen LogP contribution in [0, 0.1) is 0 Å². The molecule has 0 spiro atoms. The zero-order valence-corrected chi connectivity index (χ0v) is 19.2. The van der Waals surface area contributed by atoms with Crippen molar-refractivity contribution in [1.29, 1.82) is 0 Å². The molecule has 0 aliphatic carbocycles. The molecule has 2 aliphatic heterocycles. The van der Waals surface area contributed by atoms with Crippen molar-refractivity contribution in [3.8, 4) is 0 Å². The molecule has 168 valence electrons. The summed E-state index contributed by atoms with van der Waals surface area (Å²) in [5.41, 5.74) is 0.398. The first kappa shape index (κ1) is 23.2. The van der Waals surface area contributed by atoms with Crippen LogP contribution in [-0.2, 0) is 10.0 Å². The highest BCUT2D eigenvalue weighted by atomic mass is 32.2. The van der Waals surface area contributed by atoms with E-state index < -0.39 is 10.0 Å². The standard InChI is InChI=1S/C22H36N4O3S/c1-3-20-9-4-5-12-25(20)13-7-11-23-22(27)19-8-6-10-21(18-19)30(28,29)26-16-14-24(2)15-17-26/h6,8,10,18,20H,3-5,7,9,11-17H2,1-2H3,(H,23,27)/t20-/m1/s1. The van der Waals surface area contributed by atoms with Crippen LogP contribution < -0.4 is 5.32 Å². The quantitative estimate of drug-likeness (QED) is 0.631. The van der Waals surface area contributed by atoms with Crippen LogP contribution in [0.3, 0.4) is 0 Å². The first-order valence-electron chi connectivity index (χ1n) is 11.2. The summed E-state index contributed by atoms with van der Waals surface area (Å²) < 4.78 is 27.4. The highest BCUT2D eigenvalue weighted by molar-refractivity contribution is 7.89. The van der Waals surface area contributed by atoms with Gasteiger partial charge in [-0.3, -0.25) is 4.79 Å². The van der Waals surface area contributed by atoms with Crippen LogP contribution >= 0.6 is 0 Å². The number of piperidine rings is 1. The molecule has 8 heteroatoms. The van der Waals surface area contributed by atoms with Crippen molar-refractivity contribution in [2.24, 2.45) is 0 Å². The van der Waals surface area contributed by atoms with Crippen molar-refractivity contribution in [2.45, 2.75) is 50.0 Å². The summed E-state index contributed by atoms with van der Waals surface area (Å²) in [7, 11) is -1.58. The molecule has 0 aromatic heterocycles. The molecule has 2 aliphatic rings. The van der Waals surface area contributed by atoms with Crippen molar-refractivity contribution >= 4 is 15.9 Å². The molecule has 2 saturated heterocycles. The fourth-order valence-electron chi connectivity index (χ4n) is 4.38. The number of hydrogen-bond acceptors (Lipinski definition) is 5. The van der Waals surface area contributed by atoms with Gasteiger partial charge in [0.15, 0.2) is 0 Å². The molecule has 0 unspecified atom stereocenters. The second-order valence-electron chi connectivity index (χ2n) is 8.44. The second-order valence-corrected chi connectivity index (χ2v) is 10.4. The van der Waals surface area contributed by atoms with E-state index in [-0.39, 0.29) is 10.8 Å². The van der Waals surface area contributed by atoms with Gasteiger partial charge in [-0.25, -0.2) is 8.42 Å². The van der Waals surface area contributed by atoms with Crippen molar-refractivity contribution in [3.63, 3.8) is 0 Å². The summed E-state index contributed by atoms with van der Waals surface area (Å²) in [4.78, 5) is 17.4. The first-order chi connectivity index (χ1) is 14.4. The van der Waals surface area contributed by atoms with E-state index >= 15 is 0 Å². The maximum Gasteiger partial charge on any atom is 0.251 e. The number of nitrogens with one attached hydrogen (secondary N) is 1. The zero-order valence-electron chi connectivity index (χ0n) is 18.3. The molecule has 0 radical (unpaired) electrons. The molecular weight excluding hydrogens is 400 g/mol. The number of carbonyl (C=O) groups excluding carboxylic acids is 1. The monoisotopic (exact) mass is 436 g/mol. The SMILES string of the molecule is CC[C@@H]1CCCCN1CCCNC(=O)c1cccc(S(=O)(=O)N2CCN(C)CC2)c1. The smallest absolute Gasteiger partial charge is 0.251 e. The topological polar surface area (TPSA) is 73.0 Å². The Hall–Kier alpha value is -1.48. The third-order valence-electron chi connectivity index (χ3n) is 6.32. The highest BCUT2D eigenvalue weighted by Gasteiger charge is 2.28. The van der Waals surface area contributed by atoms with E-state index in [1.165, 1.54) is 36.1 Å². The van der Waals surface area contributed by atoms with E-state index in [1.54, 1.807) is 18.2 Å². The minimum atomic E-state index is -3.57. The van der Waals surface area contributed by atoms with Gasteiger partial charge >= 0.3 is 0 Å². The van der Waals surface area contributed by atoms with Gasteiger partial charge < -0.3 is 15.1 Å². The Morgan fingerprint density at radius 3 is 2.63 bits per heavy atom. The normalized spacial score (nSPS) is 22.1. The lowest BCUT2D eigenvalue weighted by Gasteiger charge is -2.35. The molecular formula is C22H36N4O3S. The maximum atomic E-state index is 12.9. The third kappa shape index (κ3) is 5.81. The molecule has 0 saturated carbocycles. The molecule has 1 aromatic rings. The first-order valence-corrected chi connectivity index (χ1v) is 12.7. The summed E-state index contributed by atoms with van der Waals surface area (Å²) in [6.07, 6.45) is 5.94. The number of carbonyl (C=O) groups is 1. The Morgan fingerprint density at radius 2 is 1.90 bits per heavy atom. The van der Waals surface area contributed by atoms with Crippen molar-refractivity contribution in [3.05, 3.63) is 29.8 Å². The lowest BCUT2D eigenvalue weighted by molar-refractivity contribution is 0.0947. The van der Waals surface area contributed by atoms with E-state index in [4.69, 9.17) is 0 Å². The van der Waals surface area contributed by atoms with E-state index in [0.29, 0.717) is 31.2 Å². The molecule has 2 fully saturated rings. The lowest BCUT2D eigenvalue weighted by Crippen LogP contribution is -2.47. The molecule has 1 N–H and O–H groups in total. The highest BCUT2D eigenvalue weighted by Crippen LogP contribution is 2.20. The Bertz CT molecular complexity index is 806. The van der Waals surface area contributed by atoms with Gasteiger partial charge in [0.25, 0.3) is 5.91 Å². The van der Waals surface area contributed by atoms with E-state index in [9.17, 15) is 13.2 Å². The number of likely N-dealkylation sites (N-methyl/N-ethyl adjacent to an activating group) is 1. The summed E-state index contributed by atoms with van der Waals surface area (Å²) in [6.45, 7) is 7.38. The van der Waals surface area contributed by atoms with E-state index in [0.717, 1.165) is 32.6 Å². The Labute approximate surface area is 181 Å². The maximum absolute atomic E-state index is 12.9. The van der Waals surface area contributed by atoms with Crippen LogP contribution in [0.25, 0.3) is 0 Å². The fourth-order valence-corrected chi connectivity index (χ4v) is 5.85. The largest absolute Gasteiger partial charge is 0.352 e. The van der Waals surface area contributed by atoms with Gasteiger partial charge in [-0.15, -0.1) is 0 Å². The van der Waals surface area contributed by atoms with Crippen LogP contribution in [0.15, 0.2) is 29.2 Å². The van der Waals surface area contributed by atoms with Gasteiger partial charge in [-0.2, -0.15) is 4.31 Å². The number of piperazine rings is 1. The third-order valence-corrected chi connectivity index (χ3v) is 8.22. The number of rotatable bonds is 8. The average molecular weight is 437 g/mol. The molecule has 1 aromatic carbocycles. The number of sulfonamides is 1. The predicted octanol–water partition coefficient (Wildman–Crippen LogP) is 2.01. The van der Waals surface area contributed by atoms with Crippen LogP contribution in [-0.4, -0.2) is 87.3 Å². The van der Waals surface area contributed by atoms with Crippen molar-refractivity contribution in [2.75, 3.05) is 52.9 Å². The average Bonchev–Trinajstić information content (AvgIpc) is 2.77. The Balaban J connectivity index is 1.53. The van der Waals surface area contributed by atoms with Crippen molar-refractivity contribution < 1.29 is 13.2 Å². The number of benzene rings is 1. The van der Waals surface area contributed by atoms with Gasteiger partial charge in [-0.05, 0) is 57.5 Å². The summed E-state index contributed by atoms with van der Waals surface area (Å²) in [5, 5.41) is 2.95. The lowest BCUT2D eigenvalue weighted by atomic mass is 10.00. The second kappa shape index (κ2) is 10.7. The van der Waals surface area contributed by atoms with E-state index in [2.05, 4.69) is 22.0 Å². The fraction of sp³-hybridized carbons (Fsp3) is 0.682. The number of hydrogen-bond donors (Lipinski definition) is 1. The minimum absolute atomic E-state index is 0.193. The van der Waals surface area contributed by atoms with Gasteiger partial charge in [0.2, 0.25) is 10.0 Å². The predicted molar refractivity (Wildman–Crippen MR) is 119 cm³/mol. The summed E-state index contributed by atoms with van der Waals surface area (Å²) in [6, 6.07) is 7.07. The molecule has 7 nitrogen and oxygen atoms in total. The van der Waals surface area contributed by atoms with Crippen LogP contribution in [0.4, 0.5) is 0 Å². The molecule has 1 atom stereocenters. The molecule has 2 heterocycles. The molecule has 30 heavy (non-hydrogen) atoms. The zero-order chi connectivity index (χ0) is 21.6. The minimum Gasteiger partial charge on any atom is -0.352 e. The Kier molecular flexibility index (Phi) is 8.27. The van der Waals surface area contributed by atoms with Crippen LogP contribution in [0.2, 0.25) is 0 Å². The van der Waals surface area contributed by atoms with Gasteiger partial charge in [-0.1, -0.05) is 19.4 Å². The molecule has 3 rings (SSSR count). The molecule has 0 bridgehead atoms. The summed E-state index contributed by atoms with van der Waals surface area (Å²) >= 11 is 0. The number of likely N-dealkylation sites (tertiary alicyclic amines) is 1. The van der Waals surface area contributed by atoms with Gasteiger partial charge in [0, 0.05) is 50.9 Å². The van der Waals surface area contributed by atoms with Crippen LogP contribution in [0.5, 0.6) is 0 Å². The Morgan fingerprint density at radius 1 is 1.13 bits per heavy atom. The number of nitrogens with zero attached hydrogens (tertiary/aromatic N) is 3. The number of amides is 1.